The Kier molecular flexibility index (Phi) is 7.13. The lowest BCUT2D eigenvalue weighted by atomic mass is 10.1. The minimum atomic E-state index is -6.24. The number of ether oxygens (including phenoxy) is 2. The summed E-state index contributed by atoms with van der Waals surface area (Å²) in [6, 6.07) is 10.2. The van der Waals surface area contributed by atoms with Crippen molar-refractivity contribution in [2.45, 2.75) is 19.0 Å². The number of benzene rings is 2. The molecule has 8 nitrogen and oxygen atoms in total. The third-order valence-electron chi connectivity index (χ3n) is 4.64. The number of alkyl halides is 3. The standard InChI is InChI=1S/C21H17ClF3NO7S/c1-3-32-20(28)17-18(33-34(29,30)21(23,24)25)15-10-13(22)6-9-16(15)26(19(17)27)11-12-4-7-14(31-2)8-5-12/h4-10H,3,11H2,1-2H3. The van der Waals surface area contributed by atoms with Gasteiger partial charge in [-0.1, -0.05) is 23.7 Å². The van der Waals surface area contributed by atoms with Crippen molar-refractivity contribution in [2.24, 2.45) is 0 Å². The number of carbonyl (C=O) groups is 1. The number of methoxy groups -OCH3 is 1. The SMILES string of the molecule is CCOC(=O)c1c(OS(=O)(=O)C(F)(F)F)c2cc(Cl)ccc2n(Cc2ccc(OC)cc2)c1=O. The molecule has 0 amide bonds. The first kappa shape index (κ1) is 25.4. The maximum atomic E-state index is 13.3. The van der Waals surface area contributed by atoms with E-state index in [4.69, 9.17) is 21.1 Å². The molecule has 0 radical (unpaired) electrons. The number of carbonyl (C=O) groups excluding carboxylic acids is 1. The van der Waals surface area contributed by atoms with Gasteiger partial charge in [-0.25, -0.2) is 4.79 Å². The van der Waals surface area contributed by atoms with Crippen LogP contribution in [0.5, 0.6) is 11.5 Å². The smallest absolute Gasteiger partial charge is 0.497 e. The molecule has 0 atom stereocenters. The van der Waals surface area contributed by atoms with Gasteiger partial charge in [0.2, 0.25) is 0 Å². The van der Waals surface area contributed by atoms with E-state index in [9.17, 15) is 31.2 Å². The Morgan fingerprint density at radius 3 is 2.32 bits per heavy atom. The van der Waals surface area contributed by atoms with Crippen LogP contribution in [0.1, 0.15) is 22.8 Å². The fraction of sp³-hybridized carbons (Fsp3) is 0.238. The Morgan fingerprint density at radius 1 is 1.12 bits per heavy atom. The van der Waals surface area contributed by atoms with Crippen molar-refractivity contribution in [3.8, 4) is 11.5 Å². The fourth-order valence-electron chi connectivity index (χ4n) is 3.10. The zero-order chi connectivity index (χ0) is 25.3. The van der Waals surface area contributed by atoms with Crippen LogP contribution < -0.4 is 14.5 Å². The number of rotatable bonds is 7. The van der Waals surface area contributed by atoms with Gasteiger partial charge in [-0.2, -0.15) is 21.6 Å². The normalized spacial score (nSPS) is 11.9. The molecule has 0 spiro atoms. The van der Waals surface area contributed by atoms with Crippen molar-refractivity contribution in [3.63, 3.8) is 0 Å². The van der Waals surface area contributed by atoms with Crippen LogP contribution in [0.2, 0.25) is 5.02 Å². The minimum Gasteiger partial charge on any atom is -0.497 e. The molecule has 3 rings (SSSR count). The van der Waals surface area contributed by atoms with Gasteiger partial charge >= 0.3 is 21.6 Å². The first-order chi connectivity index (χ1) is 15.9. The quantitative estimate of drug-likeness (QED) is 0.263. The molecule has 0 unspecified atom stereocenters. The molecule has 0 aliphatic heterocycles. The van der Waals surface area contributed by atoms with Crippen molar-refractivity contribution >= 4 is 38.6 Å². The third kappa shape index (κ3) is 4.97. The van der Waals surface area contributed by atoms with E-state index in [-0.39, 0.29) is 29.1 Å². The molecule has 13 heteroatoms. The lowest BCUT2D eigenvalue weighted by Crippen LogP contribution is -2.33. The average molecular weight is 520 g/mol. The summed E-state index contributed by atoms with van der Waals surface area (Å²) in [5.74, 6) is -1.93. The highest BCUT2D eigenvalue weighted by Gasteiger charge is 2.49. The van der Waals surface area contributed by atoms with Gasteiger partial charge in [0.15, 0.2) is 11.3 Å². The molecule has 0 aliphatic carbocycles. The molecular formula is C21H17ClF3NO7S. The van der Waals surface area contributed by atoms with Gasteiger partial charge in [-0.15, -0.1) is 0 Å². The Labute approximate surface area is 196 Å². The summed E-state index contributed by atoms with van der Waals surface area (Å²) in [5.41, 5.74) is -7.40. The summed E-state index contributed by atoms with van der Waals surface area (Å²) in [6.07, 6.45) is 0. The highest BCUT2D eigenvalue weighted by Crippen LogP contribution is 2.35. The summed E-state index contributed by atoms with van der Waals surface area (Å²) in [6.45, 7) is 1.04. The van der Waals surface area contributed by atoms with E-state index in [0.29, 0.717) is 11.3 Å². The molecule has 2 aromatic carbocycles. The second-order valence-electron chi connectivity index (χ2n) is 6.81. The number of pyridine rings is 1. The van der Waals surface area contributed by atoms with Gasteiger partial charge in [0.1, 0.15) is 5.75 Å². The summed E-state index contributed by atoms with van der Waals surface area (Å²) in [5, 5.41) is -0.317. The van der Waals surface area contributed by atoms with E-state index in [1.807, 2.05) is 0 Å². The number of esters is 1. The molecule has 0 N–H and O–H groups in total. The summed E-state index contributed by atoms with van der Waals surface area (Å²) in [7, 11) is -4.77. The fourth-order valence-corrected chi connectivity index (χ4v) is 3.76. The lowest BCUT2D eigenvalue weighted by Gasteiger charge is -2.18. The van der Waals surface area contributed by atoms with E-state index in [2.05, 4.69) is 4.18 Å². The van der Waals surface area contributed by atoms with E-state index < -0.39 is 38.5 Å². The van der Waals surface area contributed by atoms with Crippen LogP contribution in [0.3, 0.4) is 0 Å². The molecule has 0 aliphatic rings. The molecule has 182 valence electrons. The first-order valence-electron chi connectivity index (χ1n) is 9.56. The number of aromatic nitrogens is 1. The molecule has 0 saturated carbocycles. The number of hydrogen-bond acceptors (Lipinski definition) is 7. The highest BCUT2D eigenvalue weighted by atomic mass is 35.5. The second-order valence-corrected chi connectivity index (χ2v) is 8.78. The Hall–Kier alpha value is -3.25. The Balaban J connectivity index is 2.35. The molecular weight excluding hydrogens is 503 g/mol. The number of fused-ring (bicyclic) bond motifs is 1. The van der Waals surface area contributed by atoms with E-state index in [1.165, 1.54) is 26.2 Å². The van der Waals surface area contributed by atoms with Crippen LogP contribution in [-0.4, -0.2) is 38.2 Å². The van der Waals surface area contributed by atoms with Crippen molar-refractivity contribution in [3.05, 3.63) is 69.0 Å². The highest BCUT2D eigenvalue weighted by molar-refractivity contribution is 7.88. The summed E-state index contributed by atoms with van der Waals surface area (Å²) >= 11 is 5.99. The van der Waals surface area contributed by atoms with Gasteiger partial charge in [-0.3, -0.25) is 4.79 Å². The van der Waals surface area contributed by atoms with Gasteiger partial charge < -0.3 is 18.2 Å². The Morgan fingerprint density at radius 2 is 1.76 bits per heavy atom. The van der Waals surface area contributed by atoms with E-state index >= 15 is 0 Å². The van der Waals surface area contributed by atoms with Crippen LogP contribution in [0.15, 0.2) is 47.3 Å². The van der Waals surface area contributed by atoms with Crippen molar-refractivity contribution < 1.29 is 40.0 Å². The largest absolute Gasteiger partial charge is 0.534 e. The molecule has 1 heterocycles. The van der Waals surface area contributed by atoms with Gasteiger partial charge in [0, 0.05) is 10.4 Å². The lowest BCUT2D eigenvalue weighted by molar-refractivity contribution is -0.0500. The van der Waals surface area contributed by atoms with E-state index in [0.717, 1.165) is 10.6 Å². The number of hydrogen-bond donors (Lipinski definition) is 0. The zero-order valence-corrected chi connectivity index (χ0v) is 19.3. The van der Waals surface area contributed by atoms with Crippen molar-refractivity contribution in [2.75, 3.05) is 13.7 Å². The number of halogens is 4. The van der Waals surface area contributed by atoms with Crippen molar-refractivity contribution in [1.29, 1.82) is 0 Å². The molecule has 0 saturated heterocycles. The zero-order valence-electron chi connectivity index (χ0n) is 17.7. The van der Waals surface area contributed by atoms with Gasteiger partial charge in [0.05, 0.1) is 25.8 Å². The van der Waals surface area contributed by atoms with Crippen molar-refractivity contribution in [1.82, 2.24) is 4.57 Å². The van der Waals surface area contributed by atoms with E-state index in [1.54, 1.807) is 24.3 Å². The maximum Gasteiger partial charge on any atom is 0.534 e. The average Bonchev–Trinajstić information content (AvgIpc) is 2.76. The predicted octanol–water partition coefficient (Wildman–Crippen LogP) is 4.12. The van der Waals surface area contributed by atoms with Crippen LogP contribution in [0.25, 0.3) is 10.9 Å². The molecule has 0 bridgehead atoms. The minimum absolute atomic E-state index is 0.00814. The van der Waals surface area contributed by atoms with Crippen LogP contribution in [-0.2, 0) is 21.4 Å². The maximum absolute atomic E-state index is 13.3. The molecule has 34 heavy (non-hydrogen) atoms. The van der Waals surface area contributed by atoms with Crippen LogP contribution in [0, 0.1) is 0 Å². The van der Waals surface area contributed by atoms with Gasteiger partial charge in [0.25, 0.3) is 5.56 Å². The monoisotopic (exact) mass is 519 g/mol. The Bertz CT molecular complexity index is 1400. The second kappa shape index (κ2) is 9.55. The third-order valence-corrected chi connectivity index (χ3v) is 5.82. The molecule has 1 aromatic heterocycles. The first-order valence-corrected chi connectivity index (χ1v) is 11.3. The van der Waals surface area contributed by atoms with Crippen LogP contribution in [0.4, 0.5) is 13.2 Å². The number of nitrogens with zero attached hydrogens (tertiary/aromatic N) is 1. The summed E-state index contributed by atoms with van der Waals surface area (Å²) in [4.78, 5) is 25.9. The van der Waals surface area contributed by atoms with Crippen LogP contribution >= 0.6 is 11.6 Å². The molecule has 0 fully saturated rings. The molecule has 3 aromatic rings. The topological polar surface area (TPSA) is 101 Å². The predicted molar refractivity (Wildman–Crippen MR) is 117 cm³/mol. The summed E-state index contributed by atoms with van der Waals surface area (Å²) < 4.78 is 78.0. The van der Waals surface area contributed by atoms with Gasteiger partial charge in [-0.05, 0) is 42.8 Å².